The van der Waals surface area contributed by atoms with E-state index in [1.54, 1.807) is 6.20 Å². The standard InChI is InChI=1S/C14H17Br2N3/c1-2-3-17-13(9-14-18-4-5-19-14)10-6-11(15)8-12(16)7-10/h4-8,13,17H,2-3,9H2,1H3,(H,18,19). The number of aromatic amines is 1. The van der Waals surface area contributed by atoms with Crippen LogP contribution in [0.25, 0.3) is 0 Å². The molecular weight excluding hydrogens is 370 g/mol. The van der Waals surface area contributed by atoms with Crippen LogP contribution in [0.5, 0.6) is 0 Å². The van der Waals surface area contributed by atoms with Crippen LogP contribution < -0.4 is 5.32 Å². The molecular formula is C14H17Br2N3. The minimum atomic E-state index is 0.264. The third-order valence-corrected chi connectivity index (χ3v) is 3.80. The van der Waals surface area contributed by atoms with Gasteiger partial charge in [0.05, 0.1) is 0 Å². The van der Waals surface area contributed by atoms with Crippen molar-refractivity contribution in [3.05, 3.63) is 50.9 Å². The Hall–Kier alpha value is -0.650. The Bertz CT molecular complexity index is 491. The SMILES string of the molecule is CCCNC(Cc1ncc[nH]1)c1cc(Br)cc(Br)c1. The Morgan fingerprint density at radius 2 is 2.00 bits per heavy atom. The van der Waals surface area contributed by atoms with Crippen molar-refractivity contribution in [2.24, 2.45) is 0 Å². The third kappa shape index (κ3) is 4.44. The molecule has 1 heterocycles. The normalized spacial score (nSPS) is 12.6. The summed E-state index contributed by atoms with van der Waals surface area (Å²) < 4.78 is 2.17. The Morgan fingerprint density at radius 3 is 2.58 bits per heavy atom. The number of imidazole rings is 1. The van der Waals surface area contributed by atoms with E-state index < -0.39 is 0 Å². The van der Waals surface area contributed by atoms with E-state index in [1.165, 1.54) is 5.56 Å². The summed E-state index contributed by atoms with van der Waals surface area (Å²) in [5.74, 6) is 1.00. The van der Waals surface area contributed by atoms with Crippen molar-refractivity contribution in [2.45, 2.75) is 25.8 Å². The lowest BCUT2D eigenvalue weighted by Gasteiger charge is -2.18. The molecule has 5 heteroatoms. The van der Waals surface area contributed by atoms with Gasteiger partial charge in [-0.15, -0.1) is 0 Å². The maximum Gasteiger partial charge on any atom is 0.107 e. The van der Waals surface area contributed by atoms with E-state index in [0.717, 1.165) is 34.2 Å². The van der Waals surface area contributed by atoms with Crippen LogP contribution in [0.4, 0.5) is 0 Å². The van der Waals surface area contributed by atoms with Gasteiger partial charge in [-0.2, -0.15) is 0 Å². The summed E-state index contributed by atoms with van der Waals surface area (Å²) in [6, 6.07) is 6.62. The Balaban J connectivity index is 2.20. The molecule has 1 aromatic heterocycles. The largest absolute Gasteiger partial charge is 0.349 e. The van der Waals surface area contributed by atoms with Gasteiger partial charge in [0, 0.05) is 33.8 Å². The number of benzene rings is 1. The molecule has 0 bridgehead atoms. The fraction of sp³-hybridized carbons (Fsp3) is 0.357. The van der Waals surface area contributed by atoms with E-state index in [-0.39, 0.29) is 6.04 Å². The highest BCUT2D eigenvalue weighted by molar-refractivity contribution is 9.11. The van der Waals surface area contributed by atoms with Gasteiger partial charge in [0.15, 0.2) is 0 Å². The molecule has 0 aliphatic heterocycles. The number of rotatable bonds is 6. The fourth-order valence-corrected chi connectivity index (χ4v) is 3.33. The van der Waals surface area contributed by atoms with Gasteiger partial charge >= 0.3 is 0 Å². The molecule has 1 aromatic carbocycles. The number of nitrogens with one attached hydrogen (secondary N) is 2. The predicted molar refractivity (Wildman–Crippen MR) is 85.2 cm³/mol. The Morgan fingerprint density at radius 1 is 1.26 bits per heavy atom. The number of halogens is 2. The molecule has 0 saturated carbocycles. The van der Waals surface area contributed by atoms with Crippen molar-refractivity contribution >= 4 is 31.9 Å². The minimum Gasteiger partial charge on any atom is -0.349 e. The summed E-state index contributed by atoms with van der Waals surface area (Å²) in [7, 11) is 0. The second kappa shape index (κ2) is 7.22. The summed E-state index contributed by atoms with van der Waals surface area (Å²) >= 11 is 7.09. The van der Waals surface area contributed by atoms with Gasteiger partial charge in [0.1, 0.15) is 5.82 Å². The highest BCUT2D eigenvalue weighted by Gasteiger charge is 2.14. The molecule has 0 aliphatic carbocycles. The molecule has 2 N–H and O–H groups in total. The summed E-state index contributed by atoms with van der Waals surface area (Å²) in [5.41, 5.74) is 1.26. The van der Waals surface area contributed by atoms with Crippen LogP contribution in [0.3, 0.4) is 0 Å². The molecule has 0 radical (unpaired) electrons. The summed E-state index contributed by atoms with van der Waals surface area (Å²) in [6.07, 6.45) is 5.63. The van der Waals surface area contributed by atoms with Gasteiger partial charge in [0.25, 0.3) is 0 Å². The molecule has 2 aromatic rings. The average molecular weight is 387 g/mol. The van der Waals surface area contributed by atoms with Gasteiger partial charge in [-0.3, -0.25) is 0 Å². The monoisotopic (exact) mass is 385 g/mol. The minimum absolute atomic E-state index is 0.264. The fourth-order valence-electron chi connectivity index (χ4n) is 2.01. The molecule has 0 amide bonds. The van der Waals surface area contributed by atoms with Crippen molar-refractivity contribution in [3.8, 4) is 0 Å². The molecule has 2 rings (SSSR count). The molecule has 1 atom stereocenters. The molecule has 3 nitrogen and oxygen atoms in total. The van der Waals surface area contributed by atoms with Crippen LogP contribution >= 0.6 is 31.9 Å². The van der Waals surface area contributed by atoms with E-state index in [9.17, 15) is 0 Å². The van der Waals surface area contributed by atoms with Crippen molar-refractivity contribution in [2.75, 3.05) is 6.54 Å². The highest BCUT2D eigenvalue weighted by atomic mass is 79.9. The van der Waals surface area contributed by atoms with Gasteiger partial charge in [-0.05, 0) is 36.7 Å². The van der Waals surface area contributed by atoms with Gasteiger partial charge < -0.3 is 10.3 Å². The molecule has 19 heavy (non-hydrogen) atoms. The first-order valence-electron chi connectivity index (χ1n) is 6.36. The second-order valence-corrected chi connectivity index (χ2v) is 6.28. The Labute approximate surface area is 130 Å². The van der Waals surface area contributed by atoms with Crippen LogP contribution in [-0.4, -0.2) is 16.5 Å². The van der Waals surface area contributed by atoms with Crippen molar-refractivity contribution in [1.82, 2.24) is 15.3 Å². The van der Waals surface area contributed by atoms with Crippen LogP contribution in [0, 0.1) is 0 Å². The van der Waals surface area contributed by atoms with E-state index in [2.05, 4.69) is 66.2 Å². The topological polar surface area (TPSA) is 40.7 Å². The smallest absolute Gasteiger partial charge is 0.107 e. The van der Waals surface area contributed by atoms with E-state index >= 15 is 0 Å². The summed E-state index contributed by atoms with van der Waals surface area (Å²) in [5, 5.41) is 3.58. The Kier molecular flexibility index (Phi) is 5.60. The molecule has 0 saturated heterocycles. The van der Waals surface area contributed by atoms with E-state index in [4.69, 9.17) is 0 Å². The average Bonchev–Trinajstić information content (AvgIpc) is 2.86. The van der Waals surface area contributed by atoms with Crippen LogP contribution in [0.15, 0.2) is 39.5 Å². The molecule has 0 spiro atoms. The zero-order chi connectivity index (χ0) is 13.7. The number of aromatic nitrogens is 2. The molecule has 102 valence electrons. The van der Waals surface area contributed by atoms with Crippen LogP contribution in [0.2, 0.25) is 0 Å². The number of hydrogen-bond acceptors (Lipinski definition) is 2. The zero-order valence-electron chi connectivity index (χ0n) is 10.8. The number of nitrogens with zero attached hydrogens (tertiary/aromatic N) is 1. The summed E-state index contributed by atoms with van der Waals surface area (Å²) in [4.78, 5) is 7.48. The van der Waals surface area contributed by atoms with Crippen molar-refractivity contribution in [1.29, 1.82) is 0 Å². The second-order valence-electron chi connectivity index (χ2n) is 4.45. The zero-order valence-corrected chi connectivity index (χ0v) is 14.0. The van der Waals surface area contributed by atoms with Crippen LogP contribution in [0.1, 0.15) is 30.8 Å². The van der Waals surface area contributed by atoms with E-state index in [0.29, 0.717) is 0 Å². The first-order valence-corrected chi connectivity index (χ1v) is 7.95. The lowest BCUT2D eigenvalue weighted by molar-refractivity contribution is 0.520. The molecule has 0 fully saturated rings. The van der Waals surface area contributed by atoms with Crippen LogP contribution in [-0.2, 0) is 6.42 Å². The predicted octanol–water partition coefficient (Wildman–Crippen LogP) is 4.22. The maximum atomic E-state index is 4.32. The first kappa shape index (κ1) is 14.8. The lowest BCUT2D eigenvalue weighted by Crippen LogP contribution is -2.24. The quantitative estimate of drug-likeness (QED) is 0.780. The van der Waals surface area contributed by atoms with E-state index in [1.807, 2.05) is 12.3 Å². The van der Waals surface area contributed by atoms with Gasteiger partial charge in [-0.1, -0.05) is 38.8 Å². The third-order valence-electron chi connectivity index (χ3n) is 2.88. The van der Waals surface area contributed by atoms with Crippen molar-refractivity contribution in [3.63, 3.8) is 0 Å². The molecule has 0 aliphatic rings. The lowest BCUT2D eigenvalue weighted by atomic mass is 10.0. The van der Waals surface area contributed by atoms with Gasteiger partial charge in [-0.25, -0.2) is 4.98 Å². The first-order chi connectivity index (χ1) is 9.19. The van der Waals surface area contributed by atoms with Crippen molar-refractivity contribution < 1.29 is 0 Å². The number of hydrogen-bond donors (Lipinski definition) is 2. The summed E-state index contributed by atoms with van der Waals surface area (Å²) in [6.45, 7) is 3.17. The highest BCUT2D eigenvalue weighted by Crippen LogP contribution is 2.25. The van der Waals surface area contributed by atoms with Gasteiger partial charge in [0.2, 0.25) is 0 Å². The number of H-pyrrole nitrogens is 1. The maximum absolute atomic E-state index is 4.32. The molecule has 1 unspecified atom stereocenters.